The number of amides is 1. The molecule has 0 spiro atoms. The van der Waals surface area contributed by atoms with E-state index in [1.165, 1.54) is 14.8 Å². The van der Waals surface area contributed by atoms with Gasteiger partial charge in [-0.25, -0.2) is 12.7 Å². The second kappa shape index (κ2) is 11.8. The lowest BCUT2D eigenvalue weighted by Crippen LogP contribution is -2.41. The van der Waals surface area contributed by atoms with Gasteiger partial charge >= 0.3 is 0 Å². The highest BCUT2D eigenvalue weighted by Gasteiger charge is 2.31. The van der Waals surface area contributed by atoms with Gasteiger partial charge in [-0.2, -0.15) is 0 Å². The fourth-order valence-corrected chi connectivity index (χ4v) is 6.69. The summed E-state index contributed by atoms with van der Waals surface area (Å²) < 4.78 is 27.1. The molecule has 0 bridgehead atoms. The third-order valence-electron chi connectivity index (χ3n) is 5.92. The van der Waals surface area contributed by atoms with E-state index in [1.54, 1.807) is 30.0 Å². The standard InChI is InChI=1S/C26H26Cl2N2O3S2/c27-24-11-8-20(16-25(24)28)18-35(32,33)30-14-12-21(13-15-30)26(31)29-22-9-6-19(7-10-22)17-34-23-4-2-1-3-5-23/h1-11,16,21H,12-15,17-18H2,(H,29,31). The molecule has 0 radical (unpaired) electrons. The van der Waals surface area contributed by atoms with E-state index < -0.39 is 10.0 Å². The van der Waals surface area contributed by atoms with Crippen LogP contribution in [0.25, 0.3) is 0 Å². The average molecular weight is 550 g/mol. The minimum Gasteiger partial charge on any atom is -0.326 e. The van der Waals surface area contributed by atoms with Gasteiger partial charge in [-0.1, -0.05) is 59.6 Å². The van der Waals surface area contributed by atoms with Gasteiger partial charge in [0.05, 0.1) is 15.8 Å². The van der Waals surface area contributed by atoms with Crippen LogP contribution in [0.5, 0.6) is 0 Å². The smallest absolute Gasteiger partial charge is 0.227 e. The van der Waals surface area contributed by atoms with Gasteiger partial charge in [-0.3, -0.25) is 4.79 Å². The molecule has 1 aliphatic heterocycles. The van der Waals surface area contributed by atoms with Crippen molar-refractivity contribution in [2.75, 3.05) is 18.4 Å². The van der Waals surface area contributed by atoms with E-state index in [9.17, 15) is 13.2 Å². The van der Waals surface area contributed by atoms with Gasteiger partial charge in [-0.05, 0) is 60.4 Å². The first-order valence-electron chi connectivity index (χ1n) is 11.3. The molecule has 184 valence electrons. The molecule has 1 heterocycles. The summed E-state index contributed by atoms with van der Waals surface area (Å²) >= 11 is 13.7. The summed E-state index contributed by atoms with van der Waals surface area (Å²) in [7, 11) is -3.51. The SMILES string of the molecule is O=C(Nc1ccc(CSc2ccccc2)cc1)C1CCN(S(=O)(=O)Cc2ccc(Cl)c(Cl)c2)CC1. The summed E-state index contributed by atoms with van der Waals surface area (Å²) in [5, 5.41) is 3.70. The Morgan fingerprint density at radius 1 is 0.914 bits per heavy atom. The number of nitrogens with one attached hydrogen (secondary N) is 1. The largest absolute Gasteiger partial charge is 0.326 e. The van der Waals surface area contributed by atoms with E-state index in [1.807, 2.05) is 42.5 Å². The number of halogens is 2. The number of carbonyl (C=O) groups excluding carboxylic acids is 1. The van der Waals surface area contributed by atoms with Crippen molar-refractivity contribution in [1.29, 1.82) is 0 Å². The fourth-order valence-electron chi connectivity index (χ4n) is 3.94. The van der Waals surface area contributed by atoms with Crippen molar-refractivity contribution in [1.82, 2.24) is 4.31 Å². The van der Waals surface area contributed by atoms with E-state index in [-0.39, 0.29) is 17.6 Å². The Hall–Kier alpha value is -2.03. The number of piperidine rings is 1. The molecule has 0 saturated carbocycles. The fraction of sp³-hybridized carbons (Fsp3) is 0.269. The van der Waals surface area contributed by atoms with E-state index in [2.05, 4.69) is 17.4 Å². The van der Waals surface area contributed by atoms with Crippen molar-refractivity contribution < 1.29 is 13.2 Å². The number of thioether (sulfide) groups is 1. The highest BCUT2D eigenvalue weighted by atomic mass is 35.5. The number of nitrogens with zero attached hydrogens (tertiary/aromatic N) is 1. The molecule has 4 rings (SSSR count). The molecule has 35 heavy (non-hydrogen) atoms. The number of hydrogen-bond acceptors (Lipinski definition) is 4. The molecule has 1 aliphatic rings. The lowest BCUT2D eigenvalue weighted by Gasteiger charge is -2.30. The van der Waals surface area contributed by atoms with E-state index in [0.29, 0.717) is 41.5 Å². The Morgan fingerprint density at radius 2 is 1.57 bits per heavy atom. The second-order valence-corrected chi connectivity index (χ2v) is 12.3. The van der Waals surface area contributed by atoms with Crippen LogP contribution in [0.4, 0.5) is 5.69 Å². The van der Waals surface area contributed by atoms with Gasteiger partial charge in [0.1, 0.15) is 0 Å². The summed E-state index contributed by atoms with van der Waals surface area (Å²) in [5.74, 6) is 0.418. The highest BCUT2D eigenvalue weighted by molar-refractivity contribution is 7.98. The van der Waals surface area contributed by atoms with Crippen molar-refractivity contribution in [3.63, 3.8) is 0 Å². The van der Waals surface area contributed by atoms with E-state index >= 15 is 0 Å². The molecule has 1 saturated heterocycles. The van der Waals surface area contributed by atoms with Crippen LogP contribution < -0.4 is 5.32 Å². The van der Waals surface area contributed by atoms with Crippen LogP contribution in [0.15, 0.2) is 77.7 Å². The maximum atomic E-state index is 12.8. The molecule has 0 unspecified atom stereocenters. The summed E-state index contributed by atoms with van der Waals surface area (Å²) in [4.78, 5) is 14.0. The Labute approximate surface area is 220 Å². The molecule has 1 fully saturated rings. The number of anilines is 1. The third kappa shape index (κ3) is 7.24. The molecule has 1 N–H and O–H groups in total. The zero-order valence-electron chi connectivity index (χ0n) is 19.0. The summed E-state index contributed by atoms with van der Waals surface area (Å²) in [6.07, 6.45) is 0.969. The predicted octanol–water partition coefficient (Wildman–Crippen LogP) is 6.47. The summed E-state index contributed by atoms with van der Waals surface area (Å²) in [5.41, 5.74) is 2.51. The van der Waals surface area contributed by atoms with Crippen LogP contribution in [-0.4, -0.2) is 31.7 Å². The summed E-state index contributed by atoms with van der Waals surface area (Å²) in [6, 6.07) is 22.9. The van der Waals surface area contributed by atoms with Crippen molar-refractivity contribution >= 4 is 56.6 Å². The minimum absolute atomic E-state index is 0.0714. The number of carbonyl (C=O) groups is 1. The first kappa shape index (κ1) is 26.0. The lowest BCUT2D eigenvalue weighted by molar-refractivity contribution is -0.120. The first-order chi connectivity index (χ1) is 16.8. The molecule has 0 aromatic heterocycles. The van der Waals surface area contributed by atoms with E-state index in [0.717, 1.165) is 11.4 Å². The monoisotopic (exact) mass is 548 g/mol. The lowest BCUT2D eigenvalue weighted by atomic mass is 9.97. The van der Waals surface area contributed by atoms with Gasteiger partial charge in [0, 0.05) is 35.3 Å². The van der Waals surface area contributed by atoms with Crippen LogP contribution in [0.1, 0.15) is 24.0 Å². The Kier molecular flexibility index (Phi) is 8.78. The van der Waals surface area contributed by atoms with E-state index in [4.69, 9.17) is 23.2 Å². The molecule has 9 heteroatoms. The van der Waals surface area contributed by atoms with Gasteiger partial charge in [-0.15, -0.1) is 11.8 Å². The number of sulfonamides is 1. The maximum absolute atomic E-state index is 12.8. The van der Waals surface area contributed by atoms with Crippen LogP contribution in [0, 0.1) is 5.92 Å². The van der Waals surface area contributed by atoms with Crippen LogP contribution in [0.3, 0.4) is 0 Å². The molecule has 1 amide bonds. The number of benzene rings is 3. The molecule has 5 nitrogen and oxygen atoms in total. The quantitative estimate of drug-likeness (QED) is 0.327. The topological polar surface area (TPSA) is 66.5 Å². The van der Waals surface area contributed by atoms with Crippen LogP contribution in [0.2, 0.25) is 10.0 Å². The van der Waals surface area contributed by atoms with Gasteiger partial charge in [0.15, 0.2) is 0 Å². The zero-order chi connectivity index (χ0) is 24.8. The summed E-state index contributed by atoms with van der Waals surface area (Å²) in [6.45, 7) is 0.634. The molecule has 3 aromatic rings. The van der Waals surface area contributed by atoms with Crippen LogP contribution >= 0.6 is 35.0 Å². The normalized spacial score (nSPS) is 15.1. The molecule has 3 aromatic carbocycles. The average Bonchev–Trinajstić information content (AvgIpc) is 2.86. The Morgan fingerprint density at radius 3 is 2.23 bits per heavy atom. The first-order valence-corrected chi connectivity index (χ1v) is 14.6. The zero-order valence-corrected chi connectivity index (χ0v) is 22.1. The van der Waals surface area contributed by atoms with Crippen molar-refractivity contribution in [3.8, 4) is 0 Å². The Bertz CT molecular complexity index is 1260. The van der Waals surface area contributed by atoms with Gasteiger partial charge in [0.2, 0.25) is 15.9 Å². The Balaban J connectivity index is 1.26. The molecule has 0 aliphatic carbocycles. The molecule has 0 atom stereocenters. The molecular formula is C26H26Cl2N2O3S2. The van der Waals surface area contributed by atoms with Crippen LogP contribution in [-0.2, 0) is 26.3 Å². The second-order valence-electron chi connectivity index (χ2n) is 8.47. The minimum atomic E-state index is -3.51. The number of rotatable bonds is 8. The van der Waals surface area contributed by atoms with Gasteiger partial charge < -0.3 is 5.32 Å². The third-order valence-corrected chi connectivity index (χ3v) is 9.59. The van der Waals surface area contributed by atoms with Crippen molar-refractivity contribution in [2.24, 2.45) is 5.92 Å². The molecular weight excluding hydrogens is 523 g/mol. The maximum Gasteiger partial charge on any atom is 0.227 e. The van der Waals surface area contributed by atoms with Crippen molar-refractivity contribution in [3.05, 3.63) is 94.0 Å². The van der Waals surface area contributed by atoms with Gasteiger partial charge in [0.25, 0.3) is 0 Å². The van der Waals surface area contributed by atoms with Crippen molar-refractivity contribution in [2.45, 2.75) is 29.2 Å². The highest BCUT2D eigenvalue weighted by Crippen LogP contribution is 2.27. The predicted molar refractivity (Wildman–Crippen MR) is 144 cm³/mol. The number of hydrogen-bond donors (Lipinski definition) is 1.